The summed E-state index contributed by atoms with van der Waals surface area (Å²) < 4.78 is 55.6. The average molecular weight is 384 g/mol. The Hall–Kier alpha value is -1.84. The number of hydrogen-bond donors (Lipinski definition) is 0. The summed E-state index contributed by atoms with van der Waals surface area (Å²) in [6, 6.07) is 2.48. The summed E-state index contributed by atoms with van der Waals surface area (Å²) >= 11 is 0. The van der Waals surface area contributed by atoms with Crippen LogP contribution in [0.1, 0.15) is 18.2 Å². The second-order valence-corrected chi connectivity index (χ2v) is 8.23. The fourth-order valence-electron chi connectivity index (χ4n) is 3.14. The lowest BCUT2D eigenvalue weighted by molar-refractivity contribution is 0.181. The molecule has 142 valence electrons. The van der Waals surface area contributed by atoms with Crippen LogP contribution in [0.3, 0.4) is 0 Å². The van der Waals surface area contributed by atoms with Crippen LogP contribution in [0.2, 0.25) is 0 Å². The van der Waals surface area contributed by atoms with Crippen LogP contribution >= 0.6 is 0 Å². The summed E-state index contributed by atoms with van der Waals surface area (Å²) in [5.41, 5.74) is 2.21. The van der Waals surface area contributed by atoms with Crippen LogP contribution in [0.4, 0.5) is 8.78 Å². The van der Waals surface area contributed by atoms with E-state index in [1.54, 1.807) is 0 Å². The Morgan fingerprint density at radius 3 is 2.46 bits per heavy atom. The summed E-state index contributed by atoms with van der Waals surface area (Å²) in [5, 5.41) is 4.32. The summed E-state index contributed by atoms with van der Waals surface area (Å²) in [5.74, 6) is -1.71. The molecule has 0 unspecified atom stereocenters. The molecule has 1 aromatic carbocycles. The number of hydrogen-bond acceptors (Lipinski definition) is 4. The van der Waals surface area contributed by atoms with Gasteiger partial charge in [0.2, 0.25) is 10.0 Å². The van der Waals surface area contributed by atoms with Gasteiger partial charge in [0, 0.05) is 50.5 Å². The first-order valence-corrected chi connectivity index (χ1v) is 9.95. The minimum atomic E-state index is -4.04. The molecule has 1 aromatic heterocycles. The van der Waals surface area contributed by atoms with E-state index in [4.69, 9.17) is 0 Å². The monoisotopic (exact) mass is 384 g/mol. The van der Waals surface area contributed by atoms with Crippen molar-refractivity contribution in [2.45, 2.75) is 31.8 Å². The van der Waals surface area contributed by atoms with Crippen molar-refractivity contribution in [1.29, 1.82) is 0 Å². The minimum Gasteiger partial charge on any atom is -0.296 e. The molecule has 0 saturated carbocycles. The van der Waals surface area contributed by atoms with Gasteiger partial charge in [-0.05, 0) is 32.0 Å². The van der Waals surface area contributed by atoms with E-state index in [9.17, 15) is 17.2 Å². The van der Waals surface area contributed by atoms with Gasteiger partial charge in [0.15, 0.2) is 0 Å². The van der Waals surface area contributed by atoms with Gasteiger partial charge in [-0.3, -0.25) is 9.58 Å². The van der Waals surface area contributed by atoms with Gasteiger partial charge >= 0.3 is 0 Å². The Labute approximate surface area is 152 Å². The number of piperazine rings is 1. The molecule has 1 aliphatic rings. The standard InChI is InChI=1S/C17H22F2N4O2S/c1-3-23-13(2)14(11-20-23)12-21-6-8-22(9-7-21)26(24,25)17-10-15(18)4-5-16(17)19/h4-5,10-11H,3,6-9,12H2,1-2H3. The van der Waals surface area contributed by atoms with Crippen LogP contribution < -0.4 is 0 Å². The Morgan fingerprint density at radius 1 is 1.15 bits per heavy atom. The number of benzene rings is 1. The first-order valence-electron chi connectivity index (χ1n) is 8.51. The van der Waals surface area contributed by atoms with Gasteiger partial charge in [-0.2, -0.15) is 9.40 Å². The molecule has 0 spiro atoms. The molecule has 2 aromatic rings. The number of nitrogens with zero attached hydrogens (tertiary/aromatic N) is 4. The summed E-state index contributed by atoms with van der Waals surface area (Å²) in [6.45, 7) is 7.04. The van der Waals surface area contributed by atoms with E-state index < -0.39 is 26.6 Å². The molecular weight excluding hydrogens is 362 g/mol. The van der Waals surface area contributed by atoms with Crippen molar-refractivity contribution in [3.8, 4) is 0 Å². The van der Waals surface area contributed by atoms with Crippen molar-refractivity contribution in [1.82, 2.24) is 19.0 Å². The molecule has 3 rings (SSSR count). The minimum absolute atomic E-state index is 0.235. The molecule has 26 heavy (non-hydrogen) atoms. The fourth-order valence-corrected chi connectivity index (χ4v) is 4.64. The normalized spacial score (nSPS) is 16.9. The van der Waals surface area contributed by atoms with Gasteiger partial charge < -0.3 is 0 Å². The second-order valence-electron chi connectivity index (χ2n) is 6.33. The zero-order chi connectivity index (χ0) is 18.9. The van der Waals surface area contributed by atoms with Crippen molar-refractivity contribution in [3.63, 3.8) is 0 Å². The van der Waals surface area contributed by atoms with Crippen LogP contribution in [0.5, 0.6) is 0 Å². The van der Waals surface area contributed by atoms with Crippen molar-refractivity contribution in [3.05, 3.63) is 47.3 Å². The quantitative estimate of drug-likeness (QED) is 0.791. The van der Waals surface area contributed by atoms with E-state index >= 15 is 0 Å². The maximum atomic E-state index is 13.9. The molecule has 0 aliphatic carbocycles. The largest absolute Gasteiger partial charge is 0.296 e. The third-order valence-electron chi connectivity index (χ3n) is 4.74. The van der Waals surface area contributed by atoms with Gasteiger partial charge in [0.1, 0.15) is 16.5 Å². The highest BCUT2D eigenvalue weighted by Gasteiger charge is 2.31. The van der Waals surface area contributed by atoms with Gasteiger partial charge in [-0.15, -0.1) is 0 Å². The third kappa shape index (κ3) is 3.65. The van der Waals surface area contributed by atoms with E-state index in [1.807, 2.05) is 24.7 Å². The first-order chi connectivity index (χ1) is 12.3. The Bertz CT molecular complexity index is 890. The maximum Gasteiger partial charge on any atom is 0.246 e. The second kappa shape index (κ2) is 7.42. The van der Waals surface area contributed by atoms with Gasteiger partial charge in [0.05, 0.1) is 6.20 Å². The van der Waals surface area contributed by atoms with Crippen LogP contribution in [0.15, 0.2) is 29.3 Å². The van der Waals surface area contributed by atoms with Crippen molar-refractivity contribution < 1.29 is 17.2 Å². The van der Waals surface area contributed by atoms with Crippen LogP contribution in [0.25, 0.3) is 0 Å². The third-order valence-corrected chi connectivity index (χ3v) is 6.65. The molecule has 1 aliphatic heterocycles. The van der Waals surface area contributed by atoms with E-state index in [2.05, 4.69) is 10.00 Å². The molecule has 0 N–H and O–H groups in total. The maximum absolute atomic E-state index is 13.9. The number of aromatic nitrogens is 2. The van der Waals surface area contributed by atoms with Crippen LogP contribution in [-0.2, 0) is 23.1 Å². The lowest BCUT2D eigenvalue weighted by Crippen LogP contribution is -2.48. The van der Waals surface area contributed by atoms with Crippen LogP contribution in [0, 0.1) is 18.6 Å². The van der Waals surface area contributed by atoms with E-state index in [1.165, 1.54) is 4.31 Å². The topological polar surface area (TPSA) is 58.4 Å². The number of rotatable bonds is 5. The Morgan fingerprint density at radius 2 is 1.85 bits per heavy atom. The molecule has 0 amide bonds. The molecule has 0 atom stereocenters. The Kier molecular flexibility index (Phi) is 5.40. The van der Waals surface area contributed by atoms with Crippen molar-refractivity contribution in [2.75, 3.05) is 26.2 Å². The van der Waals surface area contributed by atoms with Crippen LogP contribution in [-0.4, -0.2) is 53.6 Å². The summed E-state index contributed by atoms with van der Waals surface area (Å²) in [6.07, 6.45) is 1.84. The average Bonchev–Trinajstić information content (AvgIpc) is 2.97. The fraction of sp³-hybridized carbons (Fsp3) is 0.471. The number of halogens is 2. The molecule has 1 fully saturated rings. The van der Waals surface area contributed by atoms with E-state index in [0.29, 0.717) is 19.6 Å². The molecule has 0 bridgehead atoms. The van der Waals surface area contributed by atoms with Gasteiger partial charge in [-0.25, -0.2) is 17.2 Å². The highest BCUT2D eigenvalue weighted by molar-refractivity contribution is 7.89. The van der Waals surface area contributed by atoms with Gasteiger partial charge in [0.25, 0.3) is 0 Å². The zero-order valence-electron chi connectivity index (χ0n) is 14.8. The molecule has 9 heteroatoms. The summed E-state index contributed by atoms with van der Waals surface area (Å²) in [7, 11) is -4.04. The first kappa shape index (κ1) is 18.9. The van der Waals surface area contributed by atoms with E-state index in [0.717, 1.165) is 36.0 Å². The lowest BCUT2D eigenvalue weighted by Gasteiger charge is -2.33. The number of aryl methyl sites for hydroxylation is 1. The SMILES string of the molecule is CCn1ncc(CN2CCN(S(=O)(=O)c3cc(F)ccc3F)CC2)c1C. The number of sulfonamides is 1. The van der Waals surface area contributed by atoms with E-state index in [-0.39, 0.29) is 13.1 Å². The van der Waals surface area contributed by atoms with Gasteiger partial charge in [-0.1, -0.05) is 0 Å². The summed E-state index contributed by atoms with van der Waals surface area (Å²) in [4.78, 5) is 1.53. The Balaban J connectivity index is 1.68. The molecule has 0 radical (unpaired) electrons. The smallest absolute Gasteiger partial charge is 0.246 e. The predicted molar refractivity (Wildman–Crippen MR) is 93.0 cm³/mol. The van der Waals surface area contributed by atoms with Crippen molar-refractivity contribution >= 4 is 10.0 Å². The lowest BCUT2D eigenvalue weighted by atomic mass is 10.2. The molecular formula is C17H22F2N4O2S. The molecule has 1 saturated heterocycles. The highest BCUT2D eigenvalue weighted by Crippen LogP contribution is 2.22. The molecule has 2 heterocycles. The highest BCUT2D eigenvalue weighted by atomic mass is 32.2. The zero-order valence-corrected chi connectivity index (χ0v) is 15.6. The predicted octanol–water partition coefficient (Wildman–Crippen LogP) is 2.00. The molecule has 6 nitrogen and oxygen atoms in total. The van der Waals surface area contributed by atoms with Crippen molar-refractivity contribution in [2.24, 2.45) is 0 Å².